The van der Waals surface area contributed by atoms with E-state index in [1.54, 1.807) is 0 Å². The van der Waals surface area contributed by atoms with Crippen molar-refractivity contribution in [1.82, 2.24) is 0 Å². The largest absolute Gasteiger partial charge is 0.372 e. The van der Waals surface area contributed by atoms with Crippen LogP contribution in [0.15, 0.2) is 121 Å². The summed E-state index contributed by atoms with van der Waals surface area (Å²) in [4.78, 5) is 12.8. The standard InChI is InChI=1S/C67H101N5/c1-52(2)20-14-46-68(47-15-21-53(3)4)59-30-36-63(37-31-59)71(62-28-26-58(13)27-29-62)66-42-44-67(45-43-66)72(64-38-32-60(33-39-64)69(48-16-22-54(5)6)49-17-23-55(7)8)65-40-34-61(35-41-65)70(50-18-24-56(9)10)51-19-25-57(11)12/h26-45,52-57H,14-25,46-51H2,1-13H3. The molecule has 0 saturated heterocycles. The van der Waals surface area contributed by atoms with Crippen molar-refractivity contribution < 1.29 is 0 Å². The lowest BCUT2D eigenvalue weighted by molar-refractivity contribution is 0.525. The third kappa shape index (κ3) is 19.5. The molecule has 0 spiro atoms. The Morgan fingerprint density at radius 1 is 0.236 bits per heavy atom. The smallest absolute Gasteiger partial charge is 0.0463 e. The van der Waals surface area contributed by atoms with Gasteiger partial charge < -0.3 is 24.5 Å². The van der Waals surface area contributed by atoms with Crippen LogP contribution in [0.5, 0.6) is 0 Å². The van der Waals surface area contributed by atoms with Crippen LogP contribution < -0.4 is 24.5 Å². The van der Waals surface area contributed by atoms with Gasteiger partial charge in [-0.3, -0.25) is 0 Å². The maximum absolute atomic E-state index is 2.64. The van der Waals surface area contributed by atoms with E-state index in [9.17, 15) is 0 Å². The van der Waals surface area contributed by atoms with Crippen LogP contribution in [-0.2, 0) is 0 Å². The van der Waals surface area contributed by atoms with Gasteiger partial charge in [-0.1, -0.05) is 101 Å². The molecule has 0 bridgehead atoms. The summed E-state index contributed by atoms with van der Waals surface area (Å²) in [6.07, 6.45) is 14.9. The SMILES string of the molecule is Cc1ccc(N(c2ccc(N(CCCC(C)C)CCCC(C)C)cc2)c2ccc(N(c3ccc(N(CCCC(C)C)CCCC(C)C)cc3)c3ccc(N(CCCC(C)C)CCCC(C)C)cc3)cc2)cc1. The molecule has 0 saturated carbocycles. The summed E-state index contributed by atoms with van der Waals surface area (Å²) in [5.74, 6) is 4.33. The molecular formula is C67H101N5. The molecule has 0 aliphatic rings. The molecule has 0 heterocycles. The van der Waals surface area contributed by atoms with Crippen molar-refractivity contribution in [2.75, 3.05) is 63.8 Å². The van der Waals surface area contributed by atoms with E-state index in [0.717, 1.165) is 91.8 Å². The Balaban J connectivity index is 1.53. The van der Waals surface area contributed by atoms with Crippen LogP contribution in [0.25, 0.3) is 0 Å². The molecule has 5 rings (SSSR count). The van der Waals surface area contributed by atoms with Gasteiger partial charge in [0.2, 0.25) is 0 Å². The van der Waals surface area contributed by atoms with E-state index < -0.39 is 0 Å². The van der Waals surface area contributed by atoms with Gasteiger partial charge in [0.15, 0.2) is 0 Å². The summed E-state index contributed by atoms with van der Waals surface area (Å²) in [6, 6.07) is 46.6. The van der Waals surface area contributed by atoms with Gasteiger partial charge in [-0.15, -0.1) is 0 Å². The van der Waals surface area contributed by atoms with Gasteiger partial charge >= 0.3 is 0 Å². The average Bonchev–Trinajstić information content (AvgIpc) is 3.34. The minimum absolute atomic E-state index is 0.720. The van der Waals surface area contributed by atoms with E-state index in [-0.39, 0.29) is 0 Å². The molecule has 5 nitrogen and oxygen atoms in total. The number of aryl methyl sites for hydroxylation is 1. The molecule has 0 N–H and O–H groups in total. The first kappa shape index (κ1) is 58.0. The molecule has 0 atom stereocenters. The van der Waals surface area contributed by atoms with Crippen molar-refractivity contribution >= 4 is 51.2 Å². The lowest BCUT2D eigenvalue weighted by Gasteiger charge is -2.31. The quantitative estimate of drug-likeness (QED) is 0.0415. The monoisotopic (exact) mass is 976 g/mol. The summed E-state index contributed by atoms with van der Waals surface area (Å²) in [6.45, 7) is 36.9. The molecule has 0 aromatic heterocycles. The molecule has 0 radical (unpaired) electrons. The van der Waals surface area contributed by atoms with Gasteiger partial charge in [0.05, 0.1) is 0 Å². The number of rotatable bonds is 33. The number of nitrogens with zero attached hydrogens (tertiary/aromatic N) is 5. The zero-order chi connectivity index (χ0) is 52.0. The van der Waals surface area contributed by atoms with Gasteiger partial charge in [0.25, 0.3) is 0 Å². The average molecular weight is 977 g/mol. The van der Waals surface area contributed by atoms with Gasteiger partial charge in [-0.25, -0.2) is 0 Å². The number of hydrogen-bond donors (Lipinski definition) is 0. The second-order valence-electron chi connectivity index (χ2n) is 23.7. The third-order valence-corrected chi connectivity index (χ3v) is 14.3. The molecular weight excluding hydrogens is 875 g/mol. The zero-order valence-electron chi connectivity index (χ0n) is 48.0. The first-order valence-electron chi connectivity index (χ1n) is 28.9. The summed E-state index contributed by atoms with van der Waals surface area (Å²) >= 11 is 0. The van der Waals surface area contributed by atoms with Gasteiger partial charge in [0.1, 0.15) is 0 Å². The Morgan fingerprint density at radius 2 is 0.389 bits per heavy atom. The number of anilines is 9. The predicted molar refractivity (Wildman–Crippen MR) is 322 cm³/mol. The molecule has 0 amide bonds. The molecule has 0 fully saturated rings. The fourth-order valence-corrected chi connectivity index (χ4v) is 10.0. The minimum Gasteiger partial charge on any atom is -0.372 e. The highest BCUT2D eigenvalue weighted by Crippen LogP contribution is 2.41. The van der Waals surface area contributed by atoms with E-state index in [2.05, 4.69) is 236 Å². The second-order valence-corrected chi connectivity index (χ2v) is 23.7. The van der Waals surface area contributed by atoms with Crippen LogP contribution in [0.4, 0.5) is 51.2 Å². The van der Waals surface area contributed by atoms with Crippen molar-refractivity contribution in [2.45, 2.75) is 167 Å². The van der Waals surface area contributed by atoms with Crippen LogP contribution in [0.3, 0.4) is 0 Å². The Kier molecular flexibility index (Phi) is 24.4. The summed E-state index contributed by atoms with van der Waals surface area (Å²) in [5, 5.41) is 0. The molecule has 0 aliphatic heterocycles. The topological polar surface area (TPSA) is 16.2 Å². The van der Waals surface area contributed by atoms with E-state index in [4.69, 9.17) is 0 Å². The molecule has 5 aromatic carbocycles. The van der Waals surface area contributed by atoms with Crippen molar-refractivity contribution in [3.8, 4) is 0 Å². The van der Waals surface area contributed by atoms with Crippen LogP contribution in [0, 0.1) is 42.4 Å². The van der Waals surface area contributed by atoms with Crippen molar-refractivity contribution in [3.05, 3.63) is 127 Å². The minimum atomic E-state index is 0.720. The van der Waals surface area contributed by atoms with Crippen molar-refractivity contribution in [3.63, 3.8) is 0 Å². The van der Waals surface area contributed by atoms with Crippen LogP contribution in [0.2, 0.25) is 0 Å². The zero-order valence-corrected chi connectivity index (χ0v) is 48.0. The van der Waals surface area contributed by atoms with E-state index in [1.807, 2.05) is 0 Å². The molecule has 72 heavy (non-hydrogen) atoms. The second kappa shape index (κ2) is 30.3. The number of benzene rings is 5. The van der Waals surface area contributed by atoms with Gasteiger partial charge in [-0.2, -0.15) is 0 Å². The first-order chi connectivity index (χ1) is 34.6. The van der Waals surface area contributed by atoms with E-state index in [1.165, 1.54) is 117 Å². The summed E-state index contributed by atoms with van der Waals surface area (Å²) in [7, 11) is 0. The Labute approximate surface area is 442 Å². The lowest BCUT2D eigenvalue weighted by atomic mass is 10.1. The van der Waals surface area contributed by atoms with Gasteiger partial charge in [0, 0.05) is 90.5 Å². The molecule has 394 valence electrons. The van der Waals surface area contributed by atoms with Gasteiger partial charge in [-0.05, 0) is 229 Å². The highest BCUT2D eigenvalue weighted by molar-refractivity contribution is 5.82. The fraction of sp³-hybridized carbons (Fsp3) is 0.552. The number of hydrogen-bond acceptors (Lipinski definition) is 5. The predicted octanol–water partition coefficient (Wildman–Crippen LogP) is 20.0. The van der Waals surface area contributed by atoms with E-state index in [0.29, 0.717) is 0 Å². The molecule has 0 aliphatic carbocycles. The first-order valence-corrected chi connectivity index (χ1v) is 28.9. The summed E-state index contributed by atoms with van der Waals surface area (Å²) < 4.78 is 0. The maximum atomic E-state index is 2.64. The Morgan fingerprint density at radius 3 is 0.556 bits per heavy atom. The normalized spacial score (nSPS) is 11.8. The van der Waals surface area contributed by atoms with Crippen LogP contribution >= 0.6 is 0 Å². The van der Waals surface area contributed by atoms with Crippen molar-refractivity contribution in [2.24, 2.45) is 35.5 Å². The lowest BCUT2D eigenvalue weighted by Crippen LogP contribution is -2.26. The Hall–Kier alpha value is -4.90. The van der Waals surface area contributed by atoms with Crippen LogP contribution in [0.1, 0.15) is 166 Å². The maximum Gasteiger partial charge on any atom is 0.0463 e. The van der Waals surface area contributed by atoms with E-state index >= 15 is 0 Å². The highest BCUT2D eigenvalue weighted by Gasteiger charge is 2.19. The summed E-state index contributed by atoms with van der Waals surface area (Å²) in [5.41, 5.74) is 12.2. The Bertz CT molecular complexity index is 2070. The molecule has 5 heteroatoms. The molecule has 0 unspecified atom stereocenters. The van der Waals surface area contributed by atoms with Crippen LogP contribution in [-0.4, -0.2) is 39.3 Å². The molecule has 5 aromatic rings. The van der Waals surface area contributed by atoms with Crippen molar-refractivity contribution in [1.29, 1.82) is 0 Å². The third-order valence-electron chi connectivity index (χ3n) is 14.3. The highest BCUT2D eigenvalue weighted by atomic mass is 15.2. The fourth-order valence-electron chi connectivity index (χ4n) is 10.0.